The van der Waals surface area contributed by atoms with E-state index in [2.05, 4.69) is 5.32 Å². The van der Waals surface area contributed by atoms with E-state index < -0.39 is 6.17 Å². The van der Waals surface area contributed by atoms with Crippen molar-refractivity contribution in [1.29, 1.82) is 0 Å². The number of benzene rings is 2. The van der Waals surface area contributed by atoms with Crippen molar-refractivity contribution in [3.8, 4) is 23.0 Å². The third-order valence-electron chi connectivity index (χ3n) is 7.32. The van der Waals surface area contributed by atoms with E-state index in [0.717, 1.165) is 28.6 Å². The number of nitrogens with two attached hydrogens (primary N) is 1. The number of fused-ring (bicyclic) bond motifs is 3. The third-order valence-corrected chi connectivity index (χ3v) is 7.32. The summed E-state index contributed by atoms with van der Waals surface area (Å²) in [6.07, 6.45) is 0.844. The molecule has 38 heavy (non-hydrogen) atoms. The average Bonchev–Trinajstić information content (AvgIpc) is 3.56. The Morgan fingerprint density at radius 2 is 1.79 bits per heavy atom. The normalized spacial score (nSPS) is 16.7. The average molecular weight is 504 g/mol. The smallest absolute Gasteiger partial charge is 0.262 e. The number of carbonyl (C=O) groups is 2. The highest BCUT2D eigenvalue weighted by Crippen LogP contribution is 2.46. The number of nitrogens with one attached hydrogen (secondary N) is 1. The quantitative estimate of drug-likeness (QED) is 0.365. The molecule has 0 spiro atoms. The number of pyridine rings is 1. The fourth-order valence-corrected chi connectivity index (χ4v) is 5.58. The fourth-order valence-electron chi connectivity index (χ4n) is 5.58. The monoisotopic (exact) mass is 503 g/mol. The van der Waals surface area contributed by atoms with Crippen LogP contribution in [0.2, 0.25) is 0 Å². The molecule has 0 aliphatic carbocycles. The molecular weight excluding hydrogens is 478 g/mol. The lowest BCUT2D eigenvalue weighted by Crippen LogP contribution is -2.42. The molecule has 0 radical (unpaired) electrons. The molecule has 0 bridgehead atoms. The first kappa shape index (κ1) is 22.5. The summed E-state index contributed by atoms with van der Waals surface area (Å²) in [6.45, 7) is 4.02. The number of imidazole rings is 1. The van der Waals surface area contributed by atoms with Crippen molar-refractivity contribution in [2.24, 2.45) is 5.73 Å². The van der Waals surface area contributed by atoms with Crippen LogP contribution in [-0.2, 0) is 9.59 Å². The van der Waals surface area contributed by atoms with Crippen LogP contribution in [0.4, 0.5) is 0 Å². The van der Waals surface area contributed by atoms with Crippen molar-refractivity contribution < 1.29 is 14.3 Å². The van der Waals surface area contributed by atoms with E-state index in [1.165, 1.54) is 0 Å². The van der Waals surface area contributed by atoms with Gasteiger partial charge in [-0.05, 0) is 43.2 Å². The first-order chi connectivity index (χ1) is 18.5. The summed E-state index contributed by atoms with van der Waals surface area (Å²) in [7, 11) is 0. The van der Waals surface area contributed by atoms with E-state index in [4.69, 9.17) is 15.5 Å². The standard InChI is InChI=1S/C30H25N5O3/c1-3-7-21(31)35-27(17-14-12-16(2)13-15-17)24-23(30(35)37)26(33-29(24)36)25-19-9-6-11-22-34(19)28(32-25)18-8-4-5-10-20(18)38-22/h4-6,8-15,21H,3,7,31H2,1-2H3,(H,33,36). The molecule has 2 amide bonds. The molecule has 2 aromatic heterocycles. The highest BCUT2D eigenvalue weighted by Gasteiger charge is 2.47. The van der Waals surface area contributed by atoms with Gasteiger partial charge in [-0.2, -0.15) is 0 Å². The van der Waals surface area contributed by atoms with Crippen LogP contribution in [0.15, 0.2) is 77.9 Å². The second-order valence-electron chi connectivity index (χ2n) is 9.79. The van der Waals surface area contributed by atoms with Crippen LogP contribution in [-0.4, -0.2) is 32.3 Å². The number of hydrogen-bond acceptors (Lipinski definition) is 5. The summed E-state index contributed by atoms with van der Waals surface area (Å²) < 4.78 is 8.05. The van der Waals surface area contributed by atoms with Crippen LogP contribution in [0.25, 0.3) is 28.3 Å². The van der Waals surface area contributed by atoms with Gasteiger partial charge in [0.15, 0.2) is 5.82 Å². The Morgan fingerprint density at radius 3 is 2.58 bits per heavy atom. The van der Waals surface area contributed by atoms with Gasteiger partial charge in [0.05, 0.1) is 39.8 Å². The third kappa shape index (κ3) is 3.04. The van der Waals surface area contributed by atoms with Crippen LogP contribution in [0.3, 0.4) is 0 Å². The second kappa shape index (κ2) is 8.16. The molecule has 0 fully saturated rings. The van der Waals surface area contributed by atoms with Crippen LogP contribution < -0.4 is 15.8 Å². The summed E-state index contributed by atoms with van der Waals surface area (Å²) in [4.78, 5) is 34.2. The Labute approximate surface area is 219 Å². The van der Waals surface area contributed by atoms with Gasteiger partial charge in [-0.1, -0.05) is 61.4 Å². The summed E-state index contributed by atoms with van der Waals surface area (Å²) in [5.41, 5.74) is 12.1. The highest BCUT2D eigenvalue weighted by atomic mass is 16.5. The molecule has 8 heteroatoms. The van der Waals surface area contributed by atoms with E-state index in [1.807, 2.05) is 85.0 Å². The Kier molecular flexibility index (Phi) is 4.83. The van der Waals surface area contributed by atoms with Crippen molar-refractivity contribution >= 4 is 28.7 Å². The molecule has 0 saturated heterocycles. The maximum absolute atomic E-state index is 14.1. The van der Waals surface area contributed by atoms with Gasteiger partial charge >= 0.3 is 0 Å². The van der Waals surface area contributed by atoms with Crippen molar-refractivity contribution in [3.63, 3.8) is 0 Å². The van der Waals surface area contributed by atoms with E-state index in [9.17, 15) is 9.59 Å². The van der Waals surface area contributed by atoms with Crippen LogP contribution in [0.5, 0.6) is 11.6 Å². The molecule has 188 valence electrons. The van der Waals surface area contributed by atoms with Gasteiger partial charge in [0.25, 0.3) is 11.8 Å². The number of rotatable bonds is 5. The minimum absolute atomic E-state index is 0.296. The highest BCUT2D eigenvalue weighted by molar-refractivity contribution is 6.30. The van der Waals surface area contributed by atoms with Gasteiger partial charge in [-0.15, -0.1) is 0 Å². The van der Waals surface area contributed by atoms with E-state index in [0.29, 0.717) is 52.1 Å². The number of ether oxygens (including phenoxy) is 1. The molecule has 4 aromatic rings. The van der Waals surface area contributed by atoms with E-state index in [-0.39, 0.29) is 11.8 Å². The van der Waals surface area contributed by atoms with Crippen molar-refractivity contribution in [2.75, 3.05) is 0 Å². The molecule has 7 rings (SSSR count). The molecule has 1 unspecified atom stereocenters. The first-order valence-electron chi connectivity index (χ1n) is 12.7. The molecular formula is C30H25N5O3. The van der Waals surface area contributed by atoms with Gasteiger partial charge in [0.2, 0.25) is 5.88 Å². The molecule has 5 heterocycles. The lowest BCUT2D eigenvalue weighted by Gasteiger charge is -2.27. The van der Waals surface area contributed by atoms with Crippen LogP contribution in [0, 0.1) is 6.92 Å². The van der Waals surface area contributed by atoms with Crippen molar-refractivity contribution in [1.82, 2.24) is 19.6 Å². The summed E-state index contributed by atoms with van der Waals surface area (Å²) in [5.74, 6) is 1.38. The minimum atomic E-state index is -0.563. The molecule has 3 aliphatic rings. The minimum Gasteiger partial charge on any atom is -0.440 e. The van der Waals surface area contributed by atoms with Gasteiger partial charge in [-0.3, -0.25) is 18.9 Å². The maximum atomic E-state index is 14.1. The molecule has 0 saturated carbocycles. The summed E-state index contributed by atoms with van der Waals surface area (Å²) in [6, 6.07) is 21.1. The second-order valence-corrected chi connectivity index (χ2v) is 9.79. The molecule has 3 aliphatic heterocycles. The predicted molar refractivity (Wildman–Crippen MR) is 144 cm³/mol. The number of aromatic nitrogens is 2. The van der Waals surface area contributed by atoms with Crippen LogP contribution >= 0.6 is 0 Å². The molecule has 1 atom stereocenters. The van der Waals surface area contributed by atoms with E-state index >= 15 is 0 Å². The first-order valence-corrected chi connectivity index (χ1v) is 12.7. The fraction of sp³-hybridized carbons (Fsp3) is 0.167. The largest absolute Gasteiger partial charge is 0.440 e. The summed E-state index contributed by atoms with van der Waals surface area (Å²) >= 11 is 0. The zero-order valence-electron chi connectivity index (χ0n) is 21.0. The van der Waals surface area contributed by atoms with E-state index in [1.54, 1.807) is 4.90 Å². The number of carbonyl (C=O) groups excluding carboxylic acids is 2. The maximum Gasteiger partial charge on any atom is 0.262 e. The lowest BCUT2D eigenvalue weighted by molar-refractivity contribution is -0.124. The van der Waals surface area contributed by atoms with Crippen molar-refractivity contribution in [2.45, 2.75) is 32.9 Å². The SMILES string of the molecule is CCCC(N)N1C(=O)C2=C(c3nc4n5c(cccc35)Oc3ccccc3-4)NC(=O)C2=C1c1ccc(C)cc1. The topological polar surface area (TPSA) is 102 Å². The Hall–Kier alpha value is -4.69. The number of para-hydroxylation sites is 1. The zero-order valence-corrected chi connectivity index (χ0v) is 21.0. The van der Waals surface area contributed by atoms with Crippen LogP contribution in [0.1, 0.15) is 36.6 Å². The Bertz CT molecular complexity index is 1750. The van der Waals surface area contributed by atoms with Gasteiger partial charge in [0, 0.05) is 0 Å². The Morgan fingerprint density at radius 1 is 1.00 bits per heavy atom. The zero-order chi connectivity index (χ0) is 26.1. The summed E-state index contributed by atoms with van der Waals surface area (Å²) in [5, 5.41) is 2.98. The number of nitrogens with zero attached hydrogens (tertiary/aromatic N) is 3. The van der Waals surface area contributed by atoms with Gasteiger partial charge in [0.1, 0.15) is 11.4 Å². The molecule has 8 nitrogen and oxygen atoms in total. The van der Waals surface area contributed by atoms with Crippen molar-refractivity contribution in [3.05, 3.63) is 94.7 Å². The number of aryl methyl sites for hydroxylation is 1. The lowest BCUT2D eigenvalue weighted by atomic mass is 10.0. The van der Waals surface area contributed by atoms with Gasteiger partial charge in [-0.25, -0.2) is 4.98 Å². The van der Waals surface area contributed by atoms with Gasteiger partial charge < -0.3 is 15.8 Å². The molecule has 2 aromatic carbocycles. The molecule has 3 N–H and O–H groups in total. The Balaban J connectivity index is 1.49. The number of hydrogen-bond donors (Lipinski definition) is 2. The predicted octanol–water partition coefficient (Wildman–Crippen LogP) is 4.59. The number of amides is 2.